The Morgan fingerprint density at radius 3 is 2.00 bits per heavy atom. The number of hydrogen-bond acceptors (Lipinski definition) is 6. The number of nitrogens with zero attached hydrogens (tertiary/aromatic N) is 2. The number of aromatic carboxylic acids is 2. The molecule has 0 atom stereocenters. The maximum Gasteiger partial charge on any atom is 0.335 e. The molecule has 0 aliphatic heterocycles. The van der Waals surface area contributed by atoms with E-state index in [-0.39, 0.29) is 16.8 Å². The molecule has 0 fully saturated rings. The van der Waals surface area contributed by atoms with Crippen molar-refractivity contribution in [3.8, 4) is 5.75 Å². The van der Waals surface area contributed by atoms with Crippen molar-refractivity contribution in [3.05, 3.63) is 53.6 Å². The number of azo groups is 1. The lowest BCUT2D eigenvalue weighted by molar-refractivity contribution is 0.0696. The Bertz CT molecular complexity index is 755. The van der Waals surface area contributed by atoms with Crippen LogP contribution in [-0.2, 0) is 0 Å². The highest BCUT2D eigenvalue weighted by Gasteiger charge is 2.11. The third-order valence-electron chi connectivity index (χ3n) is 3.15. The highest BCUT2D eigenvalue weighted by atomic mass is 16.5. The van der Waals surface area contributed by atoms with Gasteiger partial charge < -0.3 is 20.7 Å². The predicted molar refractivity (Wildman–Crippen MR) is 90.1 cm³/mol. The number of carboxylic acid groups (broad SMARTS) is 2. The Labute approximate surface area is 143 Å². The van der Waals surface area contributed by atoms with Gasteiger partial charge in [0.15, 0.2) is 0 Å². The van der Waals surface area contributed by atoms with Gasteiger partial charge in [0.1, 0.15) is 5.75 Å². The average Bonchev–Trinajstić information content (AvgIpc) is 2.61. The molecule has 0 radical (unpaired) electrons. The summed E-state index contributed by atoms with van der Waals surface area (Å²) < 4.78 is 5.47. The van der Waals surface area contributed by atoms with Crippen LogP contribution in [0, 0.1) is 0 Å². The maximum atomic E-state index is 11.1. The Morgan fingerprint density at radius 1 is 0.920 bits per heavy atom. The standard InChI is InChI=1S/C17H17N3O5/c18-6-1-7-25-15-4-2-13(3-5-15)19-20-14-9-11(16(21)22)8-12(10-14)17(23)24/h2-5,8-10H,1,6-7,18H2,(H,21,22)(H,23,24). The maximum absolute atomic E-state index is 11.1. The lowest BCUT2D eigenvalue weighted by atomic mass is 10.1. The minimum atomic E-state index is -1.24. The zero-order valence-electron chi connectivity index (χ0n) is 13.3. The predicted octanol–water partition coefficient (Wildman–Crippen LogP) is 3.23. The fourth-order valence-corrected chi connectivity index (χ4v) is 1.91. The number of carboxylic acids is 2. The summed E-state index contributed by atoms with van der Waals surface area (Å²) in [5, 5.41) is 26.0. The molecule has 8 heteroatoms. The molecule has 2 rings (SSSR count). The second kappa shape index (κ2) is 8.55. The van der Waals surface area contributed by atoms with Crippen molar-refractivity contribution in [3.63, 3.8) is 0 Å². The molecule has 8 nitrogen and oxygen atoms in total. The van der Waals surface area contributed by atoms with E-state index < -0.39 is 11.9 Å². The normalized spacial score (nSPS) is 10.8. The van der Waals surface area contributed by atoms with Gasteiger partial charge in [0.2, 0.25) is 0 Å². The lowest BCUT2D eigenvalue weighted by Crippen LogP contribution is -2.05. The summed E-state index contributed by atoms with van der Waals surface area (Å²) in [7, 11) is 0. The molecular weight excluding hydrogens is 326 g/mol. The summed E-state index contributed by atoms with van der Waals surface area (Å²) in [6.45, 7) is 1.08. The van der Waals surface area contributed by atoms with E-state index in [1.54, 1.807) is 24.3 Å². The first-order valence-corrected chi connectivity index (χ1v) is 7.46. The van der Waals surface area contributed by atoms with Crippen LogP contribution >= 0.6 is 0 Å². The van der Waals surface area contributed by atoms with Gasteiger partial charge in [-0.1, -0.05) is 0 Å². The van der Waals surface area contributed by atoms with Gasteiger partial charge in [-0.15, -0.1) is 0 Å². The monoisotopic (exact) mass is 343 g/mol. The van der Waals surface area contributed by atoms with Gasteiger partial charge in [-0.05, 0) is 55.4 Å². The molecule has 0 aliphatic carbocycles. The topological polar surface area (TPSA) is 135 Å². The van der Waals surface area contributed by atoms with Gasteiger partial charge in [0, 0.05) is 0 Å². The van der Waals surface area contributed by atoms with Crippen LogP contribution in [0.2, 0.25) is 0 Å². The van der Waals surface area contributed by atoms with E-state index in [2.05, 4.69) is 10.2 Å². The minimum Gasteiger partial charge on any atom is -0.494 e. The van der Waals surface area contributed by atoms with Crippen molar-refractivity contribution in [1.82, 2.24) is 0 Å². The minimum absolute atomic E-state index is 0.139. The Hall–Kier alpha value is -3.26. The summed E-state index contributed by atoms with van der Waals surface area (Å²) >= 11 is 0. The van der Waals surface area contributed by atoms with Crippen LogP contribution in [0.3, 0.4) is 0 Å². The molecule has 0 saturated heterocycles. The quantitative estimate of drug-likeness (QED) is 0.497. The first kappa shape index (κ1) is 18.1. The second-order valence-electron chi connectivity index (χ2n) is 5.06. The van der Waals surface area contributed by atoms with Gasteiger partial charge >= 0.3 is 11.9 Å². The van der Waals surface area contributed by atoms with Gasteiger partial charge in [0.25, 0.3) is 0 Å². The van der Waals surface area contributed by atoms with E-state index in [1.165, 1.54) is 12.1 Å². The molecule has 0 amide bonds. The van der Waals surface area contributed by atoms with E-state index >= 15 is 0 Å². The average molecular weight is 343 g/mol. The van der Waals surface area contributed by atoms with Crippen molar-refractivity contribution in [2.24, 2.45) is 16.0 Å². The molecule has 2 aromatic carbocycles. The summed E-state index contributed by atoms with van der Waals surface area (Å²) in [5.41, 5.74) is 5.71. The van der Waals surface area contributed by atoms with Crippen molar-refractivity contribution in [2.75, 3.05) is 13.2 Å². The van der Waals surface area contributed by atoms with Gasteiger partial charge in [-0.25, -0.2) is 9.59 Å². The van der Waals surface area contributed by atoms with Crippen molar-refractivity contribution in [1.29, 1.82) is 0 Å². The van der Waals surface area contributed by atoms with E-state index in [0.29, 0.717) is 24.6 Å². The second-order valence-corrected chi connectivity index (χ2v) is 5.06. The zero-order chi connectivity index (χ0) is 18.2. The molecule has 2 aromatic rings. The highest BCUT2D eigenvalue weighted by Crippen LogP contribution is 2.23. The van der Waals surface area contributed by atoms with E-state index in [0.717, 1.165) is 12.5 Å². The molecule has 0 aromatic heterocycles. The summed E-state index contributed by atoms with van der Waals surface area (Å²) in [6, 6.07) is 10.4. The number of hydrogen-bond donors (Lipinski definition) is 3. The fourth-order valence-electron chi connectivity index (χ4n) is 1.91. The molecule has 0 spiro atoms. The van der Waals surface area contributed by atoms with E-state index in [4.69, 9.17) is 20.7 Å². The van der Waals surface area contributed by atoms with Crippen LogP contribution in [-0.4, -0.2) is 35.3 Å². The Kier molecular flexibility index (Phi) is 6.19. The van der Waals surface area contributed by atoms with Crippen LogP contribution < -0.4 is 10.5 Å². The van der Waals surface area contributed by atoms with Crippen LogP contribution in [0.5, 0.6) is 5.75 Å². The Balaban J connectivity index is 2.15. The van der Waals surface area contributed by atoms with Gasteiger partial charge in [0.05, 0.1) is 29.1 Å². The fraction of sp³-hybridized carbons (Fsp3) is 0.176. The molecule has 0 aliphatic rings. The van der Waals surface area contributed by atoms with Crippen LogP contribution in [0.25, 0.3) is 0 Å². The molecule has 0 saturated carbocycles. The first-order valence-electron chi connectivity index (χ1n) is 7.46. The van der Waals surface area contributed by atoms with Crippen molar-refractivity contribution >= 4 is 23.3 Å². The number of nitrogens with two attached hydrogens (primary N) is 1. The molecule has 4 N–H and O–H groups in total. The third kappa shape index (κ3) is 5.40. The van der Waals surface area contributed by atoms with Crippen molar-refractivity contribution < 1.29 is 24.5 Å². The largest absolute Gasteiger partial charge is 0.494 e. The SMILES string of the molecule is NCCCOc1ccc(N=Nc2cc(C(=O)O)cc(C(=O)O)c2)cc1. The Morgan fingerprint density at radius 2 is 1.48 bits per heavy atom. The van der Waals surface area contributed by atoms with E-state index in [1.807, 2.05) is 0 Å². The smallest absolute Gasteiger partial charge is 0.335 e. The van der Waals surface area contributed by atoms with Crippen LogP contribution in [0.4, 0.5) is 11.4 Å². The van der Waals surface area contributed by atoms with Crippen LogP contribution in [0.15, 0.2) is 52.7 Å². The number of benzene rings is 2. The molecule has 25 heavy (non-hydrogen) atoms. The number of ether oxygens (including phenoxy) is 1. The molecule has 0 bridgehead atoms. The summed E-state index contributed by atoms with van der Waals surface area (Å²) in [5.74, 6) is -1.80. The van der Waals surface area contributed by atoms with Gasteiger partial charge in [-0.3, -0.25) is 0 Å². The first-order chi connectivity index (χ1) is 12.0. The third-order valence-corrected chi connectivity index (χ3v) is 3.15. The lowest BCUT2D eigenvalue weighted by Gasteiger charge is -2.04. The molecule has 130 valence electrons. The highest BCUT2D eigenvalue weighted by molar-refractivity contribution is 5.95. The zero-order valence-corrected chi connectivity index (χ0v) is 13.3. The molecular formula is C17H17N3O5. The van der Waals surface area contributed by atoms with Crippen LogP contribution in [0.1, 0.15) is 27.1 Å². The number of rotatable bonds is 8. The van der Waals surface area contributed by atoms with Gasteiger partial charge in [-0.2, -0.15) is 10.2 Å². The van der Waals surface area contributed by atoms with Crippen molar-refractivity contribution in [2.45, 2.75) is 6.42 Å². The number of carbonyl (C=O) groups is 2. The van der Waals surface area contributed by atoms with E-state index in [9.17, 15) is 9.59 Å². The summed E-state index contributed by atoms with van der Waals surface area (Å²) in [4.78, 5) is 22.1. The molecule has 0 heterocycles. The summed E-state index contributed by atoms with van der Waals surface area (Å²) in [6.07, 6.45) is 0.757. The molecule has 0 unspecified atom stereocenters.